The molecule has 6 nitrogen and oxygen atoms in total. The maximum atomic E-state index is 12.3. The Morgan fingerprint density at radius 1 is 0.614 bits per heavy atom. The second-order valence-corrected chi connectivity index (χ2v) is 11.9. The molecule has 0 aromatic heterocycles. The standard InChI is InChI=1S/C38H67NO5/c1-3-5-7-9-11-13-15-17-19-20-22-24-26-29-35(41)34(33-40)39-38(44)32-28-31-37(43)36(42)30-27-25-23-21-18-16-14-12-10-8-6-4-2/h7,9,12,14,18,21,25-27,29,34-37,40-43H,3-6,8,10-11,13,15-17,19-20,22-24,28,30-33H2,1-2H3,(H,39,44)/b9-7-,14-12-,21-18-,27-25-,29-26+/t34-,35+,36?,37?/m0/s1. The van der Waals surface area contributed by atoms with Gasteiger partial charge in [-0.1, -0.05) is 120 Å². The molecule has 0 radical (unpaired) electrons. The normalized spacial score (nSPS) is 15.3. The molecule has 0 aromatic carbocycles. The molecule has 2 unspecified atom stereocenters. The zero-order chi connectivity index (χ0) is 32.5. The van der Waals surface area contributed by atoms with Gasteiger partial charge in [-0.05, 0) is 77.0 Å². The Bertz CT molecular complexity index is 788. The van der Waals surface area contributed by atoms with Crippen molar-refractivity contribution in [3.05, 3.63) is 60.8 Å². The number of unbranched alkanes of at least 4 members (excludes halogenated alkanes) is 11. The second kappa shape index (κ2) is 32.4. The molecular weight excluding hydrogens is 550 g/mol. The highest BCUT2D eigenvalue weighted by Gasteiger charge is 2.19. The number of rotatable bonds is 30. The lowest BCUT2D eigenvalue weighted by atomic mass is 10.0. The molecule has 0 heterocycles. The zero-order valence-electron chi connectivity index (χ0n) is 28.1. The van der Waals surface area contributed by atoms with Crippen LogP contribution < -0.4 is 5.32 Å². The first-order valence-electron chi connectivity index (χ1n) is 17.7. The molecule has 0 saturated heterocycles. The molecule has 44 heavy (non-hydrogen) atoms. The van der Waals surface area contributed by atoms with Crippen LogP contribution in [-0.4, -0.2) is 57.3 Å². The molecule has 254 valence electrons. The highest BCUT2D eigenvalue weighted by atomic mass is 16.3. The van der Waals surface area contributed by atoms with Gasteiger partial charge in [-0.25, -0.2) is 0 Å². The number of hydrogen-bond acceptors (Lipinski definition) is 5. The molecule has 0 aromatic rings. The first kappa shape index (κ1) is 42.0. The van der Waals surface area contributed by atoms with Crippen molar-refractivity contribution in [2.75, 3.05) is 6.61 Å². The van der Waals surface area contributed by atoms with E-state index in [1.807, 2.05) is 18.2 Å². The molecular formula is C38H67NO5. The van der Waals surface area contributed by atoms with Crippen molar-refractivity contribution in [2.45, 2.75) is 167 Å². The fourth-order valence-corrected chi connectivity index (χ4v) is 4.75. The average Bonchev–Trinajstić information content (AvgIpc) is 3.02. The van der Waals surface area contributed by atoms with E-state index in [9.17, 15) is 25.2 Å². The lowest BCUT2D eigenvalue weighted by Gasteiger charge is -2.20. The minimum atomic E-state index is -0.953. The molecule has 0 saturated carbocycles. The molecule has 0 bridgehead atoms. The van der Waals surface area contributed by atoms with Gasteiger partial charge < -0.3 is 25.7 Å². The van der Waals surface area contributed by atoms with Gasteiger partial charge in [-0.2, -0.15) is 0 Å². The van der Waals surface area contributed by atoms with Crippen LogP contribution in [0.15, 0.2) is 60.8 Å². The lowest BCUT2D eigenvalue weighted by molar-refractivity contribution is -0.123. The number of amides is 1. The number of nitrogens with one attached hydrogen (secondary N) is 1. The first-order valence-corrected chi connectivity index (χ1v) is 17.7. The summed E-state index contributed by atoms with van der Waals surface area (Å²) < 4.78 is 0. The van der Waals surface area contributed by atoms with Crippen LogP contribution in [-0.2, 0) is 4.79 Å². The maximum absolute atomic E-state index is 12.3. The number of hydrogen-bond donors (Lipinski definition) is 5. The molecule has 0 rings (SSSR count). The SMILES string of the molecule is CCC/C=C\CCCCCCCC/C=C/[C@@H](O)[C@H](CO)NC(=O)CCCC(O)C(O)C/C=C\C/C=C\C/C=C\CCCCC. The molecule has 0 aliphatic heterocycles. The zero-order valence-corrected chi connectivity index (χ0v) is 28.1. The summed E-state index contributed by atoms with van der Waals surface area (Å²) in [5.74, 6) is -0.290. The van der Waals surface area contributed by atoms with Gasteiger partial charge in [0, 0.05) is 6.42 Å². The Morgan fingerprint density at radius 2 is 1.16 bits per heavy atom. The van der Waals surface area contributed by atoms with Crippen LogP contribution in [0.5, 0.6) is 0 Å². The number of aliphatic hydroxyl groups is 4. The van der Waals surface area contributed by atoms with Gasteiger partial charge in [0.05, 0.1) is 31.0 Å². The van der Waals surface area contributed by atoms with Crippen molar-refractivity contribution in [3.8, 4) is 0 Å². The van der Waals surface area contributed by atoms with Gasteiger partial charge in [0.15, 0.2) is 0 Å². The minimum absolute atomic E-state index is 0.152. The number of aliphatic hydroxyl groups excluding tert-OH is 4. The van der Waals surface area contributed by atoms with Gasteiger partial charge in [-0.15, -0.1) is 0 Å². The average molecular weight is 618 g/mol. The second-order valence-electron chi connectivity index (χ2n) is 11.9. The van der Waals surface area contributed by atoms with E-state index in [4.69, 9.17) is 0 Å². The molecule has 0 aliphatic carbocycles. The maximum Gasteiger partial charge on any atom is 0.220 e. The Balaban J connectivity index is 3.98. The Morgan fingerprint density at radius 3 is 1.80 bits per heavy atom. The molecule has 0 spiro atoms. The summed E-state index contributed by atoms with van der Waals surface area (Å²) in [6.07, 6.45) is 37.5. The van der Waals surface area contributed by atoms with Crippen molar-refractivity contribution in [2.24, 2.45) is 0 Å². The van der Waals surface area contributed by atoms with E-state index in [1.165, 1.54) is 64.2 Å². The Kier molecular flexibility index (Phi) is 30.9. The van der Waals surface area contributed by atoms with Gasteiger partial charge in [-0.3, -0.25) is 4.79 Å². The third-order valence-corrected chi connectivity index (χ3v) is 7.65. The summed E-state index contributed by atoms with van der Waals surface area (Å²) in [4.78, 5) is 12.3. The monoisotopic (exact) mass is 618 g/mol. The van der Waals surface area contributed by atoms with E-state index in [2.05, 4.69) is 55.6 Å². The van der Waals surface area contributed by atoms with Crippen molar-refractivity contribution < 1.29 is 25.2 Å². The van der Waals surface area contributed by atoms with Crippen LogP contribution in [0.3, 0.4) is 0 Å². The van der Waals surface area contributed by atoms with E-state index in [0.717, 1.165) is 38.5 Å². The molecule has 0 fully saturated rings. The van der Waals surface area contributed by atoms with Crippen LogP contribution >= 0.6 is 0 Å². The van der Waals surface area contributed by atoms with Crippen LogP contribution in [0, 0.1) is 0 Å². The van der Waals surface area contributed by atoms with Gasteiger partial charge in [0.2, 0.25) is 5.91 Å². The first-order chi connectivity index (χ1) is 21.5. The summed E-state index contributed by atoms with van der Waals surface area (Å²) in [6.45, 7) is 4.05. The summed E-state index contributed by atoms with van der Waals surface area (Å²) in [5.41, 5.74) is 0. The van der Waals surface area contributed by atoms with E-state index in [0.29, 0.717) is 19.3 Å². The van der Waals surface area contributed by atoms with E-state index >= 15 is 0 Å². The molecule has 5 N–H and O–H groups in total. The Hall–Kier alpha value is -1.99. The summed E-state index contributed by atoms with van der Waals surface area (Å²) in [5, 5.41) is 43.2. The predicted octanol–water partition coefficient (Wildman–Crippen LogP) is 8.17. The van der Waals surface area contributed by atoms with Crippen LogP contribution in [0.25, 0.3) is 0 Å². The summed E-state index contributed by atoms with van der Waals surface area (Å²) in [7, 11) is 0. The smallest absolute Gasteiger partial charge is 0.220 e. The van der Waals surface area contributed by atoms with Gasteiger partial charge in [0.25, 0.3) is 0 Å². The van der Waals surface area contributed by atoms with Crippen LogP contribution in [0.4, 0.5) is 0 Å². The fraction of sp³-hybridized carbons (Fsp3) is 0.711. The minimum Gasteiger partial charge on any atom is -0.394 e. The topological polar surface area (TPSA) is 110 Å². The number of carbonyl (C=O) groups excluding carboxylic acids is 1. The third-order valence-electron chi connectivity index (χ3n) is 7.65. The summed E-state index contributed by atoms with van der Waals surface area (Å²) in [6, 6.07) is -0.762. The molecule has 6 heteroatoms. The van der Waals surface area contributed by atoms with E-state index in [-0.39, 0.29) is 18.9 Å². The van der Waals surface area contributed by atoms with Crippen molar-refractivity contribution in [1.29, 1.82) is 0 Å². The van der Waals surface area contributed by atoms with E-state index < -0.39 is 24.4 Å². The molecule has 4 atom stereocenters. The van der Waals surface area contributed by atoms with Crippen LogP contribution in [0.2, 0.25) is 0 Å². The lowest BCUT2D eigenvalue weighted by Crippen LogP contribution is -2.45. The van der Waals surface area contributed by atoms with Gasteiger partial charge >= 0.3 is 0 Å². The molecule has 1 amide bonds. The van der Waals surface area contributed by atoms with Crippen molar-refractivity contribution in [3.63, 3.8) is 0 Å². The highest BCUT2D eigenvalue weighted by Crippen LogP contribution is 2.11. The summed E-state index contributed by atoms with van der Waals surface area (Å²) >= 11 is 0. The van der Waals surface area contributed by atoms with Crippen LogP contribution in [0.1, 0.15) is 142 Å². The van der Waals surface area contributed by atoms with Crippen molar-refractivity contribution in [1.82, 2.24) is 5.32 Å². The fourth-order valence-electron chi connectivity index (χ4n) is 4.75. The quantitative estimate of drug-likeness (QED) is 0.0413. The Labute approximate surface area is 270 Å². The number of allylic oxidation sites excluding steroid dienone is 8. The third kappa shape index (κ3) is 27.6. The molecule has 0 aliphatic rings. The van der Waals surface area contributed by atoms with Gasteiger partial charge in [0.1, 0.15) is 0 Å². The number of carbonyl (C=O) groups is 1. The van der Waals surface area contributed by atoms with E-state index in [1.54, 1.807) is 6.08 Å². The predicted molar refractivity (Wildman–Crippen MR) is 186 cm³/mol. The largest absolute Gasteiger partial charge is 0.394 e. The van der Waals surface area contributed by atoms with Crippen molar-refractivity contribution >= 4 is 5.91 Å². The highest BCUT2D eigenvalue weighted by molar-refractivity contribution is 5.76.